The maximum atomic E-state index is 13.2. The molecule has 2 atom stereocenters. The van der Waals surface area contributed by atoms with Crippen LogP contribution in [0.15, 0.2) is 30.3 Å². The van der Waals surface area contributed by atoms with Crippen LogP contribution in [0.2, 0.25) is 15.1 Å². The second kappa shape index (κ2) is 10.3. The van der Waals surface area contributed by atoms with Gasteiger partial charge in [0.15, 0.2) is 12.4 Å². The molecule has 1 heterocycles. The third-order valence-corrected chi connectivity index (χ3v) is 6.48. The van der Waals surface area contributed by atoms with Gasteiger partial charge < -0.3 is 14.7 Å². The Balaban J connectivity index is 1.66. The highest BCUT2D eigenvalue weighted by molar-refractivity contribution is 6.45. The van der Waals surface area contributed by atoms with Crippen LogP contribution < -0.4 is 4.74 Å². The largest absolute Gasteiger partial charge is 0.481 e. The number of benzene rings is 2. The fraction of sp³-hybridized carbons (Fsp3) is 0.364. The Bertz CT molecular complexity index is 1020. The summed E-state index contributed by atoms with van der Waals surface area (Å²) in [4.78, 5) is 28.4. The molecule has 2 aromatic rings. The summed E-state index contributed by atoms with van der Waals surface area (Å²) in [5.74, 6) is -2.14. The van der Waals surface area contributed by atoms with Crippen molar-refractivity contribution in [3.63, 3.8) is 0 Å². The van der Waals surface area contributed by atoms with Gasteiger partial charge in [0, 0.05) is 31.7 Å². The molecule has 32 heavy (non-hydrogen) atoms. The molecule has 1 aliphatic rings. The van der Waals surface area contributed by atoms with Crippen molar-refractivity contribution in [3.05, 3.63) is 62.3 Å². The number of carboxylic acids is 1. The van der Waals surface area contributed by atoms with E-state index in [-0.39, 0.29) is 50.2 Å². The molecule has 0 aromatic heterocycles. The number of carboxylic acid groups (broad SMARTS) is 1. The summed E-state index contributed by atoms with van der Waals surface area (Å²) >= 11 is 18.0. The van der Waals surface area contributed by atoms with Gasteiger partial charge in [-0.2, -0.15) is 0 Å². The van der Waals surface area contributed by atoms with Gasteiger partial charge in [-0.15, -0.1) is 0 Å². The van der Waals surface area contributed by atoms with E-state index in [2.05, 4.69) is 4.90 Å². The van der Waals surface area contributed by atoms with Crippen LogP contribution in [0.4, 0.5) is 4.39 Å². The molecule has 1 aliphatic heterocycles. The van der Waals surface area contributed by atoms with Gasteiger partial charge >= 0.3 is 5.97 Å². The Morgan fingerprint density at radius 1 is 1.09 bits per heavy atom. The molecule has 6 nitrogen and oxygen atoms in total. The van der Waals surface area contributed by atoms with Crippen LogP contribution in [-0.4, -0.2) is 58.6 Å². The molecule has 2 aromatic carbocycles. The average molecular weight is 504 g/mol. The minimum absolute atomic E-state index is 0.0209. The van der Waals surface area contributed by atoms with Crippen molar-refractivity contribution in [2.75, 3.05) is 19.7 Å². The first kappa shape index (κ1) is 24.6. The fourth-order valence-corrected chi connectivity index (χ4v) is 4.46. The number of aromatic carboxylic acids is 1. The standard InChI is InChI=1S/C22H22Cl3FN2O4/c1-12-9-28(13(2)8-27(12)10-14-3-5-15(26)6-4-14)18(29)11-32-21-17(24)7-16(23)20(25)19(21)22(30)31/h3-7,12-13H,8-11H2,1-2H3,(H,30,31)/t12-,13+/m1/s1. The quantitative estimate of drug-likeness (QED) is 0.563. The lowest BCUT2D eigenvalue weighted by Gasteiger charge is -2.44. The molecular formula is C22H22Cl3FN2O4. The van der Waals surface area contributed by atoms with E-state index < -0.39 is 12.6 Å². The van der Waals surface area contributed by atoms with Crippen LogP contribution in [0.1, 0.15) is 29.8 Å². The Morgan fingerprint density at radius 3 is 2.38 bits per heavy atom. The number of rotatable bonds is 6. The van der Waals surface area contributed by atoms with Gasteiger partial charge in [0.2, 0.25) is 0 Å². The van der Waals surface area contributed by atoms with Crippen LogP contribution in [0.5, 0.6) is 5.75 Å². The predicted molar refractivity (Wildman–Crippen MR) is 121 cm³/mol. The summed E-state index contributed by atoms with van der Waals surface area (Å²) in [5, 5.41) is 9.18. The summed E-state index contributed by atoms with van der Waals surface area (Å²) < 4.78 is 18.7. The zero-order valence-corrected chi connectivity index (χ0v) is 19.7. The van der Waals surface area contributed by atoms with Crippen molar-refractivity contribution < 1.29 is 23.8 Å². The van der Waals surface area contributed by atoms with E-state index in [0.717, 1.165) is 5.56 Å². The average Bonchev–Trinajstić information content (AvgIpc) is 2.73. The normalized spacial score (nSPS) is 19.1. The van der Waals surface area contributed by atoms with Crippen molar-refractivity contribution in [1.82, 2.24) is 9.80 Å². The minimum Gasteiger partial charge on any atom is -0.481 e. The smallest absolute Gasteiger partial charge is 0.341 e. The topological polar surface area (TPSA) is 70.1 Å². The third kappa shape index (κ3) is 5.46. The highest BCUT2D eigenvalue weighted by atomic mass is 35.5. The van der Waals surface area contributed by atoms with Gasteiger partial charge in [-0.3, -0.25) is 9.69 Å². The van der Waals surface area contributed by atoms with E-state index in [1.165, 1.54) is 18.2 Å². The van der Waals surface area contributed by atoms with Crippen molar-refractivity contribution in [3.8, 4) is 5.75 Å². The molecule has 10 heteroatoms. The van der Waals surface area contributed by atoms with Crippen molar-refractivity contribution in [2.24, 2.45) is 0 Å². The number of hydrogen-bond acceptors (Lipinski definition) is 4. The Labute approximate surface area is 200 Å². The van der Waals surface area contributed by atoms with Gasteiger partial charge in [0.1, 0.15) is 11.4 Å². The van der Waals surface area contributed by atoms with Crippen molar-refractivity contribution in [1.29, 1.82) is 0 Å². The number of carbonyl (C=O) groups is 2. The first-order valence-electron chi connectivity index (χ1n) is 9.90. The van der Waals surface area contributed by atoms with E-state index in [9.17, 15) is 19.1 Å². The number of amides is 1. The number of hydrogen-bond donors (Lipinski definition) is 1. The number of halogens is 4. The molecule has 0 spiro atoms. The van der Waals surface area contributed by atoms with Crippen LogP contribution >= 0.6 is 34.8 Å². The molecule has 1 N–H and O–H groups in total. The van der Waals surface area contributed by atoms with Crippen LogP contribution in [0, 0.1) is 5.82 Å². The molecule has 0 bridgehead atoms. The SMILES string of the molecule is C[C@@H]1CN(C(=O)COc2c(Cl)cc(Cl)c(Cl)c2C(=O)O)[C@@H](C)CN1Cc1ccc(F)cc1. The Kier molecular flexibility index (Phi) is 7.88. The van der Waals surface area contributed by atoms with E-state index in [4.69, 9.17) is 39.5 Å². The Morgan fingerprint density at radius 2 is 1.75 bits per heavy atom. The van der Waals surface area contributed by atoms with Gasteiger partial charge in [-0.05, 0) is 37.6 Å². The lowest BCUT2D eigenvalue weighted by Crippen LogP contribution is -2.58. The van der Waals surface area contributed by atoms with Crippen LogP contribution in [0.25, 0.3) is 0 Å². The molecule has 1 amide bonds. The van der Waals surface area contributed by atoms with Crippen LogP contribution in [-0.2, 0) is 11.3 Å². The molecule has 3 rings (SSSR count). The fourth-order valence-electron chi connectivity index (χ4n) is 3.72. The number of piperazine rings is 1. The van der Waals surface area contributed by atoms with Gasteiger partial charge in [0.05, 0.1) is 15.1 Å². The van der Waals surface area contributed by atoms with E-state index in [1.807, 2.05) is 13.8 Å². The number of carbonyl (C=O) groups excluding carboxylic acids is 1. The maximum Gasteiger partial charge on any atom is 0.341 e. The number of nitrogens with zero attached hydrogens (tertiary/aromatic N) is 2. The van der Waals surface area contributed by atoms with Gasteiger partial charge in [0.25, 0.3) is 5.91 Å². The molecule has 0 saturated carbocycles. The van der Waals surface area contributed by atoms with Crippen LogP contribution in [0.3, 0.4) is 0 Å². The molecule has 0 unspecified atom stereocenters. The monoisotopic (exact) mass is 502 g/mol. The molecular weight excluding hydrogens is 482 g/mol. The van der Waals surface area contributed by atoms with E-state index in [0.29, 0.717) is 19.6 Å². The zero-order valence-electron chi connectivity index (χ0n) is 17.4. The van der Waals surface area contributed by atoms with Crippen molar-refractivity contribution >= 4 is 46.7 Å². The molecule has 1 fully saturated rings. The predicted octanol–water partition coefficient (Wildman–Crippen LogP) is 4.98. The summed E-state index contributed by atoms with van der Waals surface area (Å²) in [6, 6.07) is 7.59. The summed E-state index contributed by atoms with van der Waals surface area (Å²) in [5.41, 5.74) is 0.603. The van der Waals surface area contributed by atoms with Gasteiger partial charge in [-0.25, -0.2) is 9.18 Å². The summed E-state index contributed by atoms with van der Waals surface area (Å²) in [6.45, 7) is 5.27. The molecule has 1 saturated heterocycles. The zero-order chi connectivity index (χ0) is 23.6. The first-order valence-corrected chi connectivity index (χ1v) is 11.0. The second-order valence-corrected chi connectivity index (χ2v) is 8.94. The summed E-state index contributed by atoms with van der Waals surface area (Å²) in [7, 11) is 0. The van der Waals surface area contributed by atoms with Crippen molar-refractivity contribution in [2.45, 2.75) is 32.5 Å². The lowest BCUT2D eigenvalue weighted by molar-refractivity contribution is -0.139. The molecule has 0 aliphatic carbocycles. The highest BCUT2D eigenvalue weighted by Gasteiger charge is 2.32. The summed E-state index contributed by atoms with van der Waals surface area (Å²) in [6.07, 6.45) is 0. The third-order valence-electron chi connectivity index (χ3n) is 5.41. The lowest BCUT2D eigenvalue weighted by atomic mass is 10.1. The van der Waals surface area contributed by atoms with E-state index in [1.54, 1.807) is 17.0 Å². The Hall–Kier alpha value is -2.06. The highest BCUT2D eigenvalue weighted by Crippen LogP contribution is 2.39. The van der Waals surface area contributed by atoms with Gasteiger partial charge in [-0.1, -0.05) is 46.9 Å². The van der Waals surface area contributed by atoms with E-state index >= 15 is 0 Å². The number of ether oxygens (including phenoxy) is 1. The first-order chi connectivity index (χ1) is 15.1. The second-order valence-electron chi connectivity index (χ2n) is 7.75. The maximum absolute atomic E-state index is 13.2. The molecule has 0 radical (unpaired) electrons. The minimum atomic E-state index is -1.36. The molecule has 172 valence electrons.